The predicted molar refractivity (Wildman–Crippen MR) is 49.8 cm³/mol. The normalized spacial score (nSPS) is 10.3. The molecule has 0 aliphatic rings. The van der Waals surface area contributed by atoms with Gasteiger partial charge in [0.25, 0.3) is 0 Å². The third-order valence-electron chi connectivity index (χ3n) is 1.89. The van der Waals surface area contributed by atoms with Crippen LogP contribution in [-0.4, -0.2) is 16.1 Å². The maximum absolute atomic E-state index is 10.4. The fraction of sp³-hybridized carbons (Fsp3) is 0.100. The van der Waals surface area contributed by atoms with Gasteiger partial charge in [-0.1, -0.05) is 0 Å². The Kier molecular flexibility index (Phi) is 2.10. The van der Waals surface area contributed by atoms with E-state index in [4.69, 9.17) is 9.52 Å². The predicted octanol–water partition coefficient (Wildman–Crippen LogP) is 1.90. The summed E-state index contributed by atoms with van der Waals surface area (Å²) in [5.41, 5.74) is 1.59. The molecule has 0 radical (unpaired) electrons. The lowest BCUT2D eigenvalue weighted by Crippen LogP contribution is -1.97. The standard InChI is InChI=1S/C10H9NO3/c12-10(13)4-7-3-9(14-6-7)8-1-2-11-5-8/h1-3,5-6,11H,4H2,(H,12,13). The number of aromatic amines is 1. The van der Waals surface area contributed by atoms with Gasteiger partial charge in [-0.25, -0.2) is 0 Å². The molecule has 0 atom stereocenters. The van der Waals surface area contributed by atoms with E-state index in [1.54, 1.807) is 18.5 Å². The van der Waals surface area contributed by atoms with Gasteiger partial charge in [-0.05, 0) is 12.1 Å². The van der Waals surface area contributed by atoms with Gasteiger partial charge in [-0.15, -0.1) is 0 Å². The monoisotopic (exact) mass is 191 g/mol. The topological polar surface area (TPSA) is 66.2 Å². The van der Waals surface area contributed by atoms with Crippen LogP contribution < -0.4 is 0 Å². The Labute approximate surface area is 80.2 Å². The minimum Gasteiger partial charge on any atom is -0.481 e. The number of hydrogen-bond acceptors (Lipinski definition) is 2. The van der Waals surface area contributed by atoms with Crippen molar-refractivity contribution in [2.75, 3.05) is 0 Å². The summed E-state index contributed by atoms with van der Waals surface area (Å²) < 4.78 is 5.23. The minimum absolute atomic E-state index is 0.00603. The number of hydrogen-bond donors (Lipinski definition) is 2. The highest BCUT2D eigenvalue weighted by molar-refractivity contribution is 5.71. The molecular formula is C10H9NO3. The average molecular weight is 191 g/mol. The minimum atomic E-state index is -0.855. The average Bonchev–Trinajstić information content (AvgIpc) is 2.69. The third-order valence-corrected chi connectivity index (χ3v) is 1.89. The molecule has 2 rings (SSSR count). The Morgan fingerprint density at radius 2 is 2.43 bits per heavy atom. The van der Waals surface area contributed by atoms with E-state index in [1.807, 2.05) is 6.07 Å². The molecule has 2 heterocycles. The van der Waals surface area contributed by atoms with E-state index in [0.29, 0.717) is 11.3 Å². The molecule has 0 spiro atoms. The summed E-state index contributed by atoms with van der Waals surface area (Å²) in [6, 6.07) is 3.60. The van der Waals surface area contributed by atoms with Gasteiger partial charge in [-0.2, -0.15) is 0 Å². The molecule has 2 N–H and O–H groups in total. The zero-order valence-electron chi connectivity index (χ0n) is 7.36. The van der Waals surface area contributed by atoms with Gasteiger partial charge in [0.05, 0.1) is 12.7 Å². The number of carboxylic acids is 1. The third kappa shape index (κ3) is 1.69. The smallest absolute Gasteiger partial charge is 0.307 e. The van der Waals surface area contributed by atoms with E-state index >= 15 is 0 Å². The van der Waals surface area contributed by atoms with Gasteiger partial charge in [0.15, 0.2) is 0 Å². The maximum Gasteiger partial charge on any atom is 0.307 e. The van der Waals surface area contributed by atoms with Crippen LogP contribution in [0.4, 0.5) is 0 Å². The van der Waals surface area contributed by atoms with Crippen LogP contribution >= 0.6 is 0 Å². The largest absolute Gasteiger partial charge is 0.481 e. The van der Waals surface area contributed by atoms with E-state index in [2.05, 4.69) is 4.98 Å². The molecule has 0 aliphatic heterocycles. The lowest BCUT2D eigenvalue weighted by molar-refractivity contribution is -0.136. The lowest BCUT2D eigenvalue weighted by atomic mass is 10.2. The highest BCUT2D eigenvalue weighted by Gasteiger charge is 2.07. The lowest BCUT2D eigenvalue weighted by Gasteiger charge is -1.87. The SMILES string of the molecule is O=C(O)Cc1coc(-c2cc[nH]c2)c1. The molecule has 72 valence electrons. The van der Waals surface area contributed by atoms with Gasteiger partial charge < -0.3 is 14.5 Å². The maximum atomic E-state index is 10.4. The van der Waals surface area contributed by atoms with Crippen LogP contribution in [0.15, 0.2) is 35.2 Å². The molecule has 0 saturated heterocycles. The number of carboxylic acid groups (broad SMARTS) is 1. The van der Waals surface area contributed by atoms with E-state index in [-0.39, 0.29) is 6.42 Å². The number of nitrogens with one attached hydrogen (secondary N) is 1. The summed E-state index contributed by atoms with van der Waals surface area (Å²) in [4.78, 5) is 13.3. The number of aliphatic carboxylic acids is 1. The van der Waals surface area contributed by atoms with Crippen molar-refractivity contribution in [3.05, 3.63) is 36.4 Å². The molecule has 4 nitrogen and oxygen atoms in total. The Bertz CT molecular complexity index is 428. The molecule has 4 heteroatoms. The van der Waals surface area contributed by atoms with Gasteiger partial charge in [0, 0.05) is 23.5 Å². The molecule has 14 heavy (non-hydrogen) atoms. The Hall–Kier alpha value is -1.97. The highest BCUT2D eigenvalue weighted by Crippen LogP contribution is 2.21. The second kappa shape index (κ2) is 3.41. The molecule has 0 amide bonds. The van der Waals surface area contributed by atoms with Gasteiger partial charge in [0.2, 0.25) is 0 Å². The second-order valence-electron chi connectivity index (χ2n) is 2.99. The number of rotatable bonds is 3. The Balaban J connectivity index is 2.22. The van der Waals surface area contributed by atoms with Crippen LogP contribution in [0.2, 0.25) is 0 Å². The summed E-state index contributed by atoms with van der Waals surface area (Å²) in [7, 11) is 0. The summed E-state index contributed by atoms with van der Waals surface area (Å²) in [6.45, 7) is 0. The molecular weight excluding hydrogens is 182 g/mol. The van der Waals surface area contributed by atoms with Crippen LogP contribution in [-0.2, 0) is 11.2 Å². The van der Waals surface area contributed by atoms with Crippen molar-refractivity contribution in [3.63, 3.8) is 0 Å². The zero-order chi connectivity index (χ0) is 9.97. The van der Waals surface area contributed by atoms with Crippen LogP contribution in [0, 0.1) is 0 Å². The van der Waals surface area contributed by atoms with E-state index in [0.717, 1.165) is 5.56 Å². The highest BCUT2D eigenvalue weighted by atomic mass is 16.4. The zero-order valence-corrected chi connectivity index (χ0v) is 7.36. The first-order valence-electron chi connectivity index (χ1n) is 4.18. The van der Waals surface area contributed by atoms with Gasteiger partial charge in [-0.3, -0.25) is 4.79 Å². The molecule has 0 aromatic carbocycles. The first kappa shape index (κ1) is 8.62. The van der Waals surface area contributed by atoms with E-state index in [9.17, 15) is 4.79 Å². The number of carbonyl (C=O) groups is 1. The van der Waals surface area contributed by atoms with Crippen molar-refractivity contribution in [3.8, 4) is 11.3 Å². The molecule has 0 aliphatic carbocycles. The van der Waals surface area contributed by atoms with Crippen molar-refractivity contribution >= 4 is 5.97 Å². The molecule has 0 bridgehead atoms. The fourth-order valence-electron chi connectivity index (χ4n) is 1.27. The van der Waals surface area contributed by atoms with Crippen molar-refractivity contribution in [2.45, 2.75) is 6.42 Å². The summed E-state index contributed by atoms with van der Waals surface area (Å²) in [6.07, 6.45) is 5.04. The van der Waals surface area contributed by atoms with E-state index in [1.165, 1.54) is 6.26 Å². The quantitative estimate of drug-likeness (QED) is 0.778. The first-order chi connectivity index (χ1) is 6.75. The summed E-state index contributed by atoms with van der Waals surface area (Å²) in [5.74, 6) is -0.172. The van der Waals surface area contributed by atoms with Crippen molar-refractivity contribution in [2.24, 2.45) is 0 Å². The number of furan rings is 1. The van der Waals surface area contributed by atoms with Gasteiger partial charge in [0.1, 0.15) is 5.76 Å². The number of H-pyrrole nitrogens is 1. The van der Waals surface area contributed by atoms with Crippen molar-refractivity contribution in [1.29, 1.82) is 0 Å². The molecule has 0 unspecified atom stereocenters. The summed E-state index contributed by atoms with van der Waals surface area (Å²) in [5, 5.41) is 8.56. The Morgan fingerprint density at radius 3 is 3.07 bits per heavy atom. The Morgan fingerprint density at radius 1 is 1.57 bits per heavy atom. The fourth-order valence-corrected chi connectivity index (χ4v) is 1.27. The van der Waals surface area contributed by atoms with Crippen LogP contribution in [0.3, 0.4) is 0 Å². The number of aromatic nitrogens is 1. The molecule has 0 saturated carbocycles. The van der Waals surface area contributed by atoms with Crippen molar-refractivity contribution < 1.29 is 14.3 Å². The first-order valence-corrected chi connectivity index (χ1v) is 4.18. The second-order valence-corrected chi connectivity index (χ2v) is 2.99. The van der Waals surface area contributed by atoms with Crippen LogP contribution in [0.1, 0.15) is 5.56 Å². The summed E-state index contributed by atoms with van der Waals surface area (Å²) >= 11 is 0. The molecule has 2 aromatic heterocycles. The molecule has 0 fully saturated rings. The van der Waals surface area contributed by atoms with Crippen LogP contribution in [0.25, 0.3) is 11.3 Å². The molecule has 2 aromatic rings. The van der Waals surface area contributed by atoms with Crippen LogP contribution in [0.5, 0.6) is 0 Å². The van der Waals surface area contributed by atoms with Crippen molar-refractivity contribution in [1.82, 2.24) is 4.98 Å². The van der Waals surface area contributed by atoms with Gasteiger partial charge >= 0.3 is 5.97 Å². The van der Waals surface area contributed by atoms with E-state index < -0.39 is 5.97 Å².